The fourth-order valence-corrected chi connectivity index (χ4v) is 2.95. The van der Waals surface area contributed by atoms with Crippen molar-refractivity contribution in [2.75, 3.05) is 13.1 Å². The van der Waals surface area contributed by atoms with Crippen LogP contribution in [0.15, 0.2) is 18.5 Å². The number of nitrogens with two attached hydrogens (primary N) is 1. The first-order valence-electron chi connectivity index (χ1n) is 6.88. The Hall–Kier alpha value is -1.04. The number of nitrogens with zero attached hydrogens (tertiary/aromatic N) is 2. The Kier molecular flexibility index (Phi) is 4.50. The van der Waals surface area contributed by atoms with Gasteiger partial charge in [-0.3, -0.25) is 21.2 Å². The van der Waals surface area contributed by atoms with Crippen molar-refractivity contribution in [2.24, 2.45) is 5.84 Å². The minimum absolute atomic E-state index is 0.239. The summed E-state index contributed by atoms with van der Waals surface area (Å²) in [7, 11) is 0. The number of hydrazine groups is 1. The van der Waals surface area contributed by atoms with Gasteiger partial charge in [0.25, 0.3) is 0 Å². The van der Waals surface area contributed by atoms with Crippen LogP contribution in [0, 0.1) is 5.82 Å². The van der Waals surface area contributed by atoms with Gasteiger partial charge in [-0.05, 0) is 45.8 Å². The summed E-state index contributed by atoms with van der Waals surface area (Å²) in [5, 5.41) is 0. The van der Waals surface area contributed by atoms with Gasteiger partial charge < -0.3 is 0 Å². The molecule has 0 aromatic carbocycles. The zero-order valence-corrected chi connectivity index (χ0v) is 11.7. The third-order valence-electron chi connectivity index (χ3n) is 4.16. The van der Waals surface area contributed by atoms with Crippen LogP contribution >= 0.6 is 0 Å². The van der Waals surface area contributed by atoms with Crippen molar-refractivity contribution >= 4 is 0 Å². The average Bonchev–Trinajstić information content (AvgIpc) is 2.42. The smallest absolute Gasteiger partial charge is 0.146 e. The van der Waals surface area contributed by atoms with Gasteiger partial charge in [0, 0.05) is 17.3 Å². The molecule has 2 heterocycles. The second-order valence-corrected chi connectivity index (χ2v) is 5.70. The molecule has 1 fully saturated rings. The lowest BCUT2D eigenvalue weighted by atomic mass is 9.86. The molecule has 4 nitrogen and oxygen atoms in total. The summed E-state index contributed by atoms with van der Waals surface area (Å²) in [5.74, 6) is 5.39. The first kappa shape index (κ1) is 14.4. The van der Waals surface area contributed by atoms with Crippen LogP contribution < -0.4 is 11.3 Å². The van der Waals surface area contributed by atoms with Gasteiger partial charge in [0.15, 0.2) is 0 Å². The van der Waals surface area contributed by atoms with Crippen molar-refractivity contribution in [1.29, 1.82) is 0 Å². The molecule has 0 radical (unpaired) electrons. The van der Waals surface area contributed by atoms with E-state index < -0.39 is 0 Å². The minimum atomic E-state index is -0.310. The van der Waals surface area contributed by atoms with E-state index in [2.05, 4.69) is 29.2 Å². The summed E-state index contributed by atoms with van der Waals surface area (Å²) in [6.45, 7) is 6.31. The number of pyridine rings is 1. The lowest BCUT2D eigenvalue weighted by molar-refractivity contribution is 0.0596. The van der Waals surface area contributed by atoms with E-state index in [1.807, 2.05) is 0 Å². The van der Waals surface area contributed by atoms with Crippen molar-refractivity contribution < 1.29 is 4.39 Å². The fraction of sp³-hybridized carbons (Fsp3) is 0.643. The van der Waals surface area contributed by atoms with E-state index in [1.54, 1.807) is 12.3 Å². The summed E-state index contributed by atoms with van der Waals surface area (Å²) in [6, 6.07) is 1.44. The average molecular weight is 266 g/mol. The number of halogens is 1. The lowest BCUT2D eigenvalue weighted by Gasteiger charge is -2.45. The number of rotatable bonds is 4. The number of piperidine rings is 1. The number of aromatic nitrogens is 1. The van der Waals surface area contributed by atoms with E-state index >= 15 is 0 Å². The molecular formula is C14H23FN4. The normalized spacial score (nSPS) is 19.4. The van der Waals surface area contributed by atoms with E-state index in [0.29, 0.717) is 5.56 Å². The maximum Gasteiger partial charge on any atom is 0.146 e. The lowest BCUT2D eigenvalue weighted by Crippen LogP contribution is -2.55. The molecule has 1 aromatic rings. The molecule has 106 valence electrons. The van der Waals surface area contributed by atoms with Crippen LogP contribution in [0.4, 0.5) is 4.39 Å². The third kappa shape index (κ3) is 2.94. The van der Waals surface area contributed by atoms with E-state index in [-0.39, 0.29) is 17.4 Å². The Balaban J connectivity index is 2.27. The molecule has 1 aliphatic rings. The Morgan fingerprint density at radius 2 is 2.05 bits per heavy atom. The maximum absolute atomic E-state index is 13.9. The molecule has 1 aromatic heterocycles. The molecule has 1 atom stereocenters. The quantitative estimate of drug-likeness (QED) is 0.646. The second-order valence-electron chi connectivity index (χ2n) is 5.70. The van der Waals surface area contributed by atoms with Crippen molar-refractivity contribution in [1.82, 2.24) is 15.3 Å². The second kappa shape index (κ2) is 5.94. The first-order valence-corrected chi connectivity index (χ1v) is 6.88. The van der Waals surface area contributed by atoms with Crippen LogP contribution in [0.2, 0.25) is 0 Å². The number of hydrogen-bond donors (Lipinski definition) is 2. The van der Waals surface area contributed by atoms with Crippen LogP contribution in [0.3, 0.4) is 0 Å². The highest BCUT2D eigenvalue weighted by atomic mass is 19.1. The van der Waals surface area contributed by atoms with Crippen molar-refractivity contribution in [3.63, 3.8) is 0 Å². The van der Waals surface area contributed by atoms with Crippen LogP contribution in [0.1, 0.15) is 44.7 Å². The molecule has 0 aliphatic carbocycles. The molecule has 5 heteroatoms. The van der Waals surface area contributed by atoms with Gasteiger partial charge in [-0.1, -0.05) is 6.42 Å². The van der Waals surface area contributed by atoms with Gasteiger partial charge in [-0.25, -0.2) is 4.39 Å². The monoisotopic (exact) mass is 266 g/mol. The molecule has 0 spiro atoms. The van der Waals surface area contributed by atoms with Crippen molar-refractivity contribution in [2.45, 2.75) is 44.7 Å². The van der Waals surface area contributed by atoms with Gasteiger partial charge in [-0.15, -0.1) is 0 Å². The standard InChI is InChI=1S/C14H23FN4/c1-14(2,19-8-4-3-5-9-19)13(18-16)11-6-7-17-10-12(11)15/h6-7,10,13,18H,3-5,8-9,16H2,1-2H3. The Bertz CT molecular complexity index is 416. The van der Waals surface area contributed by atoms with Gasteiger partial charge in [0.2, 0.25) is 0 Å². The number of nitrogens with one attached hydrogen (secondary N) is 1. The Labute approximate surface area is 114 Å². The summed E-state index contributed by atoms with van der Waals surface area (Å²) >= 11 is 0. The zero-order chi connectivity index (χ0) is 13.9. The highest BCUT2D eigenvalue weighted by Gasteiger charge is 2.37. The fourth-order valence-electron chi connectivity index (χ4n) is 2.95. The first-order chi connectivity index (χ1) is 9.07. The Morgan fingerprint density at radius 3 is 2.63 bits per heavy atom. The third-order valence-corrected chi connectivity index (χ3v) is 4.16. The number of hydrogen-bond acceptors (Lipinski definition) is 4. The molecule has 3 N–H and O–H groups in total. The topological polar surface area (TPSA) is 54.2 Å². The van der Waals surface area contributed by atoms with Crippen molar-refractivity contribution in [3.8, 4) is 0 Å². The molecular weight excluding hydrogens is 243 g/mol. The largest absolute Gasteiger partial charge is 0.296 e. The highest BCUT2D eigenvalue weighted by Crippen LogP contribution is 2.33. The minimum Gasteiger partial charge on any atom is -0.296 e. The molecule has 0 saturated carbocycles. The molecule has 1 aliphatic heterocycles. The van der Waals surface area contributed by atoms with E-state index in [1.165, 1.54) is 25.5 Å². The van der Waals surface area contributed by atoms with E-state index in [4.69, 9.17) is 5.84 Å². The zero-order valence-electron chi connectivity index (χ0n) is 11.7. The van der Waals surface area contributed by atoms with E-state index in [9.17, 15) is 4.39 Å². The molecule has 1 unspecified atom stereocenters. The molecule has 19 heavy (non-hydrogen) atoms. The maximum atomic E-state index is 13.9. The van der Waals surface area contributed by atoms with Crippen LogP contribution in [0.5, 0.6) is 0 Å². The van der Waals surface area contributed by atoms with Crippen LogP contribution in [-0.4, -0.2) is 28.5 Å². The van der Waals surface area contributed by atoms with Gasteiger partial charge in [0.05, 0.1) is 12.2 Å². The Morgan fingerprint density at radius 1 is 1.37 bits per heavy atom. The van der Waals surface area contributed by atoms with Gasteiger partial charge in [-0.2, -0.15) is 0 Å². The molecule has 0 amide bonds. The summed E-state index contributed by atoms with van der Waals surface area (Å²) < 4.78 is 13.9. The van der Waals surface area contributed by atoms with E-state index in [0.717, 1.165) is 13.1 Å². The predicted octanol–water partition coefficient (Wildman–Crippen LogP) is 1.99. The SMILES string of the molecule is CC(C)(C(NN)c1ccncc1F)N1CCCCC1. The van der Waals surface area contributed by atoms with Gasteiger partial charge >= 0.3 is 0 Å². The van der Waals surface area contributed by atoms with Crippen LogP contribution in [0.25, 0.3) is 0 Å². The summed E-state index contributed by atoms with van der Waals surface area (Å²) in [6.07, 6.45) is 6.51. The highest BCUT2D eigenvalue weighted by molar-refractivity contribution is 5.21. The van der Waals surface area contributed by atoms with Crippen LogP contribution in [-0.2, 0) is 0 Å². The molecule has 2 rings (SSSR count). The van der Waals surface area contributed by atoms with Gasteiger partial charge in [0.1, 0.15) is 5.82 Å². The molecule has 0 bridgehead atoms. The number of likely N-dealkylation sites (tertiary alicyclic amines) is 1. The van der Waals surface area contributed by atoms with Crippen molar-refractivity contribution in [3.05, 3.63) is 29.8 Å². The summed E-state index contributed by atoms with van der Waals surface area (Å²) in [4.78, 5) is 6.19. The summed E-state index contributed by atoms with van der Waals surface area (Å²) in [5.41, 5.74) is 3.13. The molecule has 1 saturated heterocycles. The predicted molar refractivity (Wildman–Crippen MR) is 73.8 cm³/mol.